The van der Waals surface area contributed by atoms with Crippen LogP contribution in [-0.2, 0) is 15.4 Å². The first-order chi connectivity index (χ1) is 7.39. The Kier molecular flexibility index (Phi) is 2.74. The molecule has 0 fully saturated rings. The number of aliphatic hydroxyl groups excluding tert-OH is 1. The van der Waals surface area contributed by atoms with Crippen LogP contribution in [0, 0.1) is 0 Å². The molecule has 1 aromatic rings. The van der Waals surface area contributed by atoms with Crippen molar-refractivity contribution < 1.29 is 18.6 Å². The Morgan fingerprint density at radius 3 is 2.75 bits per heavy atom. The normalized spacial score (nSPS) is 27.4. The lowest BCUT2D eigenvalue weighted by Gasteiger charge is -2.32. The number of sulfone groups is 1. The number of fused-ring (bicyclic) bond motifs is 1. The maximum absolute atomic E-state index is 11.8. The number of rotatable bonds is 1. The van der Waals surface area contributed by atoms with Gasteiger partial charge in [0.05, 0.1) is 17.3 Å². The molecule has 0 saturated carbocycles. The second kappa shape index (κ2) is 3.70. The minimum Gasteiger partial charge on any atom is -0.393 e. The van der Waals surface area contributed by atoms with Gasteiger partial charge in [0.2, 0.25) is 0 Å². The van der Waals surface area contributed by atoms with E-state index in [-0.39, 0.29) is 22.6 Å². The highest BCUT2D eigenvalue weighted by Gasteiger charge is 2.40. The maximum atomic E-state index is 11.8. The molecule has 1 aliphatic heterocycles. The van der Waals surface area contributed by atoms with E-state index >= 15 is 0 Å². The van der Waals surface area contributed by atoms with Crippen LogP contribution < -0.4 is 0 Å². The van der Waals surface area contributed by atoms with Crippen LogP contribution >= 0.6 is 11.6 Å². The molecule has 0 aromatic heterocycles. The van der Waals surface area contributed by atoms with E-state index in [1.165, 1.54) is 18.2 Å². The van der Waals surface area contributed by atoms with Gasteiger partial charge in [0.1, 0.15) is 5.60 Å². The standard InChI is InChI=1S/C10H11ClO4S/c11-7-1-2-9-8(5-7)10(13,6-12)3-4-16(9,14)15/h1-2,5,12-13H,3-4,6H2. The third kappa shape index (κ3) is 1.73. The van der Waals surface area contributed by atoms with Gasteiger partial charge in [-0.1, -0.05) is 11.6 Å². The summed E-state index contributed by atoms with van der Waals surface area (Å²) in [6.07, 6.45) is -0.0147. The number of benzene rings is 1. The predicted octanol–water partition coefficient (Wildman–Crippen LogP) is 0.697. The Morgan fingerprint density at radius 1 is 1.44 bits per heavy atom. The van der Waals surface area contributed by atoms with Gasteiger partial charge >= 0.3 is 0 Å². The number of hydrogen-bond donors (Lipinski definition) is 2. The molecule has 6 heteroatoms. The molecule has 0 saturated heterocycles. The minimum absolute atomic E-state index is 0.0147. The van der Waals surface area contributed by atoms with Gasteiger partial charge in [-0.3, -0.25) is 0 Å². The number of halogens is 1. The molecule has 0 radical (unpaired) electrons. The Hall–Kier alpha value is -0.620. The van der Waals surface area contributed by atoms with Gasteiger partial charge < -0.3 is 10.2 Å². The second-order valence-electron chi connectivity index (χ2n) is 3.90. The molecule has 4 nitrogen and oxygen atoms in total. The Balaban J connectivity index is 2.73. The van der Waals surface area contributed by atoms with Crippen LogP contribution in [0.25, 0.3) is 0 Å². The van der Waals surface area contributed by atoms with Crippen LogP contribution in [0.5, 0.6) is 0 Å². The van der Waals surface area contributed by atoms with Gasteiger partial charge in [-0.05, 0) is 24.6 Å². The van der Waals surface area contributed by atoms with Crippen LogP contribution in [0.1, 0.15) is 12.0 Å². The van der Waals surface area contributed by atoms with Gasteiger partial charge in [0.25, 0.3) is 0 Å². The molecule has 0 aliphatic carbocycles. The quantitative estimate of drug-likeness (QED) is 0.781. The Labute approximate surface area is 98.4 Å². The lowest BCUT2D eigenvalue weighted by molar-refractivity contribution is -0.0256. The van der Waals surface area contributed by atoms with E-state index in [9.17, 15) is 18.6 Å². The minimum atomic E-state index is -3.37. The smallest absolute Gasteiger partial charge is 0.178 e. The molecule has 1 aromatic carbocycles. The van der Waals surface area contributed by atoms with Crippen LogP contribution in [0.2, 0.25) is 5.02 Å². The number of aliphatic hydroxyl groups is 2. The maximum Gasteiger partial charge on any atom is 0.178 e. The van der Waals surface area contributed by atoms with Crippen molar-refractivity contribution in [2.45, 2.75) is 16.9 Å². The molecule has 1 unspecified atom stereocenters. The Morgan fingerprint density at radius 2 is 2.12 bits per heavy atom. The Bertz CT molecular complexity index is 526. The molecule has 1 aliphatic rings. The molecule has 1 heterocycles. The molecular weight excluding hydrogens is 252 g/mol. The van der Waals surface area contributed by atoms with Crippen molar-refractivity contribution in [2.24, 2.45) is 0 Å². The zero-order valence-electron chi connectivity index (χ0n) is 8.35. The first kappa shape index (κ1) is 11.9. The summed E-state index contributed by atoms with van der Waals surface area (Å²) in [6, 6.07) is 4.22. The molecule has 2 rings (SSSR count). The van der Waals surface area contributed by atoms with Crippen molar-refractivity contribution in [2.75, 3.05) is 12.4 Å². The zero-order valence-corrected chi connectivity index (χ0v) is 9.92. The van der Waals surface area contributed by atoms with E-state index < -0.39 is 22.0 Å². The molecule has 88 valence electrons. The van der Waals surface area contributed by atoms with E-state index in [4.69, 9.17) is 11.6 Å². The molecule has 1 atom stereocenters. The fourth-order valence-corrected chi connectivity index (χ4v) is 3.71. The van der Waals surface area contributed by atoms with E-state index in [1.54, 1.807) is 0 Å². The summed E-state index contributed by atoms with van der Waals surface area (Å²) in [5.74, 6) is -0.168. The molecule has 0 amide bonds. The SMILES string of the molecule is O=S1(=O)CCC(O)(CO)c2cc(Cl)ccc21. The largest absolute Gasteiger partial charge is 0.393 e. The lowest BCUT2D eigenvalue weighted by Crippen LogP contribution is -2.38. The highest BCUT2D eigenvalue weighted by molar-refractivity contribution is 7.91. The fraction of sp³-hybridized carbons (Fsp3) is 0.400. The third-order valence-electron chi connectivity index (χ3n) is 2.82. The van der Waals surface area contributed by atoms with Crippen molar-refractivity contribution in [3.63, 3.8) is 0 Å². The average Bonchev–Trinajstić information content (AvgIpc) is 2.24. The van der Waals surface area contributed by atoms with E-state index in [1.807, 2.05) is 0 Å². The number of hydrogen-bond acceptors (Lipinski definition) is 4. The third-order valence-corrected chi connectivity index (χ3v) is 4.83. The highest BCUT2D eigenvalue weighted by atomic mass is 35.5. The lowest BCUT2D eigenvalue weighted by atomic mass is 9.91. The van der Waals surface area contributed by atoms with Crippen LogP contribution in [0.3, 0.4) is 0 Å². The summed E-state index contributed by atoms with van der Waals surface area (Å²) in [5, 5.41) is 19.6. The van der Waals surface area contributed by atoms with Crippen molar-refractivity contribution in [3.05, 3.63) is 28.8 Å². The molecule has 2 N–H and O–H groups in total. The predicted molar refractivity (Wildman–Crippen MR) is 59.1 cm³/mol. The fourth-order valence-electron chi connectivity index (χ4n) is 1.85. The average molecular weight is 263 g/mol. The van der Waals surface area contributed by atoms with E-state index in [0.29, 0.717) is 5.02 Å². The summed E-state index contributed by atoms with van der Waals surface area (Å²) in [7, 11) is -3.37. The first-order valence-electron chi connectivity index (χ1n) is 4.75. The summed E-state index contributed by atoms with van der Waals surface area (Å²) < 4.78 is 23.5. The summed E-state index contributed by atoms with van der Waals surface area (Å²) in [4.78, 5) is 0.0553. The van der Waals surface area contributed by atoms with Crippen LogP contribution in [-0.4, -0.2) is 31.0 Å². The van der Waals surface area contributed by atoms with Gasteiger partial charge in [0, 0.05) is 10.6 Å². The molecule has 0 bridgehead atoms. The van der Waals surface area contributed by atoms with Crippen molar-refractivity contribution >= 4 is 21.4 Å². The van der Waals surface area contributed by atoms with Crippen LogP contribution in [0.4, 0.5) is 0 Å². The molecule has 16 heavy (non-hydrogen) atoms. The zero-order chi connectivity index (χ0) is 12.0. The van der Waals surface area contributed by atoms with E-state index in [0.717, 1.165) is 0 Å². The van der Waals surface area contributed by atoms with Crippen molar-refractivity contribution in [1.29, 1.82) is 0 Å². The van der Waals surface area contributed by atoms with Gasteiger partial charge in [-0.2, -0.15) is 0 Å². The first-order valence-corrected chi connectivity index (χ1v) is 6.78. The molecule has 0 spiro atoms. The summed E-state index contributed by atoms with van der Waals surface area (Å²) in [5.41, 5.74) is -1.32. The van der Waals surface area contributed by atoms with Gasteiger partial charge in [0.15, 0.2) is 9.84 Å². The van der Waals surface area contributed by atoms with E-state index in [2.05, 4.69) is 0 Å². The van der Waals surface area contributed by atoms with Gasteiger partial charge in [-0.25, -0.2) is 8.42 Å². The van der Waals surface area contributed by atoms with Crippen molar-refractivity contribution in [3.8, 4) is 0 Å². The highest BCUT2D eigenvalue weighted by Crippen LogP contribution is 2.37. The molecular formula is C10H11ClO4S. The summed E-state index contributed by atoms with van der Waals surface area (Å²) in [6.45, 7) is -0.518. The summed E-state index contributed by atoms with van der Waals surface area (Å²) >= 11 is 5.77. The van der Waals surface area contributed by atoms with Gasteiger partial charge in [-0.15, -0.1) is 0 Å². The monoisotopic (exact) mass is 262 g/mol. The second-order valence-corrected chi connectivity index (χ2v) is 6.41. The van der Waals surface area contributed by atoms with Crippen molar-refractivity contribution in [1.82, 2.24) is 0 Å². The topological polar surface area (TPSA) is 74.6 Å². The van der Waals surface area contributed by atoms with Crippen LogP contribution in [0.15, 0.2) is 23.1 Å².